The van der Waals surface area contributed by atoms with E-state index in [-0.39, 0.29) is 30.1 Å². The fourth-order valence-electron chi connectivity index (χ4n) is 2.43. The van der Waals surface area contributed by atoms with E-state index in [0.717, 1.165) is 0 Å². The number of fused-ring (bicyclic) bond motifs is 1. The van der Waals surface area contributed by atoms with E-state index in [2.05, 4.69) is 0 Å². The summed E-state index contributed by atoms with van der Waals surface area (Å²) < 4.78 is 0. The van der Waals surface area contributed by atoms with Crippen LogP contribution in [-0.2, 0) is 14.4 Å². The van der Waals surface area contributed by atoms with E-state index in [9.17, 15) is 14.4 Å². The minimum atomic E-state index is -0.855. The van der Waals surface area contributed by atoms with Gasteiger partial charge in [-0.3, -0.25) is 19.3 Å². The number of likely N-dealkylation sites (tertiary alicyclic amines) is 2. The molecule has 0 unspecified atom stereocenters. The van der Waals surface area contributed by atoms with E-state index in [1.54, 1.807) is 0 Å². The number of carbonyl (C=O) groups excluding carboxylic acids is 2. The first-order chi connectivity index (χ1) is 7.50. The minimum Gasteiger partial charge on any atom is -0.481 e. The van der Waals surface area contributed by atoms with Crippen molar-refractivity contribution in [2.75, 3.05) is 26.7 Å². The van der Waals surface area contributed by atoms with Crippen molar-refractivity contribution in [1.82, 2.24) is 9.80 Å². The largest absolute Gasteiger partial charge is 0.481 e. The maximum Gasteiger partial charge on any atom is 0.304 e. The van der Waals surface area contributed by atoms with E-state index < -0.39 is 5.97 Å². The summed E-state index contributed by atoms with van der Waals surface area (Å²) in [6.45, 7) is 1.42. The van der Waals surface area contributed by atoms with Crippen molar-refractivity contribution in [2.45, 2.75) is 6.42 Å². The van der Waals surface area contributed by atoms with Crippen molar-refractivity contribution in [3.8, 4) is 0 Å². The summed E-state index contributed by atoms with van der Waals surface area (Å²) in [6, 6.07) is 0. The number of carboxylic acids is 1. The topological polar surface area (TPSA) is 77.9 Å². The molecule has 6 nitrogen and oxygen atoms in total. The van der Waals surface area contributed by atoms with Crippen LogP contribution in [0, 0.1) is 11.8 Å². The standard InChI is InChI=1S/C10H14N2O4/c1-11-9(15)6-4-12(3-2-8(13)14)5-7(6)10(11)16/h6-7H,2-5H2,1H3,(H,13,14)/t6-,7-/m0/s1. The summed E-state index contributed by atoms with van der Waals surface area (Å²) in [4.78, 5) is 36.8. The van der Waals surface area contributed by atoms with Gasteiger partial charge in [0, 0.05) is 26.7 Å². The molecule has 0 spiro atoms. The molecule has 0 aromatic heterocycles. The van der Waals surface area contributed by atoms with Gasteiger partial charge in [0.05, 0.1) is 18.3 Å². The quantitative estimate of drug-likeness (QED) is 0.625. The molecule has 0 bridgehead atoms. The van der Waals surface area contributed by atoms with Crippen LogP contribution in [0.15, 0.2) is 0 Å². The number of hydrogen-bond donors (Lipinski definition) is 1. The van der Waals surface area contributed by atoms with E-state index in [4.69, 9.17) is 5.11 Å². The Balaban J connectivity index is 1.97. The molecule has 2 rings (SSSR count). The molecule has 2 amide bonds. The van der Waals surface area contributed by atoms with Gasteiger partial charge in [-0.2, -0.15) is 0 Å². The molecule has 2 aliphatic rings. The van der Waals surface area contributed by atoms with Crippen LogP contribution in [0.5, 0.6) is 0 Å². The first kappa shape index (κ1) is 11.1. The van der Waals surface area contributed by atoms with Crippen LogP contribution in [-0.4, -0.2) is 59.4 Å². The Labute approximate surface area is 92.8 Å². The maximum absolute atomic E-state index is 11.6. The number of carboxylic acid groups (broad SMARTS) is 1. The minimum absolute atomic E-state index is 0.0532. The zero-order valence-electron chi connectivity index (χ0n) is 9.05. The van der Waals surface area contributed by atoms with Gasteiger partial charge in [-0.15, -0.1) is 0 Å². The Hall–Kier alpha value is -1.43. The van der Waals surface area contributed by atoms with Gasteiger partial charge in [-0.1, -0.05) is 0 Å². The highest BCUT2D eigenvalue weighted by Gasteiger charge is 2.50. The lowest BCUT2D eigenvalue weighted by Crippen LogP contribution is -2.33. The molecular formula is C10H14N2O4. The van der Waals surface area contributed by atoms with Gasteiger partial charge in [0.2, 0.25) is 11.8 Å². The fraction of sp³-hybridized carbons (Fsp3) is 0.700. The third-order valence-corrected chi connectivity index (χ3v) is 3.33. The monoisotopic (exact) mass is 226 g/mol. The number of amides is 2. The average molecular weight is 226 g/mol. The number of aliphatic carboxylic acids is 1. The van der Waals surface area contributed by atoms with Gasteiger partial charge in [0.15, 0.2) is 0 Å². The lowest BCUT2D eigenvalue weighted by Gasteiger charge is -2.16. The summed E-state index contributed by atoms with van der Waals surface area (Å²) in [6.07, 6.45) is 0.0532. The van der Waals surface area contributed by atoms with Crippen LogP contribution < -0.4 is 0 Å². The van der Waals surface area contributed by atoms with E-state index in [1.165, 1.54) is 11.9 Å². The molecule has 0 aromatic carbocycles. The van der Waals surface area contributed by atoms with Crippen molar-refractivity contribution in [3.63, 3.8) is 0 Å². The van der Waals surface area contributed by atoms with Gasteiger partial charge >= 0.3 is 5.97 Å². The van der Waals surface area contributed by atoms with E-state index in [0.29, 0.717) is 19.6 Å². The second-order valence-corrected chi connectivity index (χ2v) is 4.35. The average Bonchev–Trinajstić information content (AvgIpc) is 2.73. The smallest absolute Gasteiger partial charge is 0.304 e. The van der Waals surface area contributed by atoms with E-state index >= 15 is 0 Å². The van der Waals surface area contributed by atoms with Crippen molar-refractivity contribution < 1.29 is 19.5 Å². The first-order valence-electron chi connectivity index (χ1n) is 5.26. The van der Waals surface area contributed by atoms with Gasteiger partial charge < -0.3 is 10.0 Å². The molecule has 88 valence electrons. The van der Waals surface area contributed by atoms with Gasteiger partial charge in [-0.05, 0) is 0 Å². The lowest BCUT2D eigenvalue weighted by atomic mass is 10.00. The molecule has 2 atom stereocenters. The number of imide groups is 1. The zero-order chi connectivity index (χ0) is 11.9. The highest BCUT2D eigenvalue weighted by molar-refractivity contribution is 6.05. The van der Waals surface area contributed by atoms with Crippen molar-refractivity contribution in [3.05, 3.63) is 0 Å². The Morgan fingerprint density at radius 2 is 1.81 bits per heavy atom. The fourth-order valence-corrected chi connectivity index (χ4v) is 2.43. The SMILES string of the molecule is CN1C(=O)[C@H]2CN(CCC(=O)O)C[C@@H]2C1=O. The molecule has 6 heteroatoms. The van der Waals surface area contributed by atoms with E-state index in [1.807, 2.05) is 4.90 Å². The molecule has 2 fully saturated rings. The molecule has 0 saturated carbocycles. The molecule has 2 saturated heterocycles. The summed E-state index contributed by atoms with van der Waals surface area (Å²) in [5.74, 6) is -1.63. The second-order valence-electron chi connectivity index (χ2n) is 4.35. The number of hydrogen-bond acceptors (Lipinski definition) is 4. The number of rotatable bonds is 3. The van der Waals surface area contributed by atoms with Crippen LogP contribution >= 0.6 is 0 Å². The predicted molar refractivity (Wildman–Crippen MR) is 53.4 cm³/mol. The summed E-state index contributed by atoms with van der Waals surface area (Å²) >= 11 is 0. The van der Waals surface area contributed by atoms with Crippen LogP contribution in [0.25, 0.3) is 0 Å². The second kappa shape index (κ2) is 3.86. The van der Waals surface area contributed by atoms with Crippen LogP contribution in [0.2, 0.25) is 0 Å². The number of carbonyl (C=O) groups is 3. The maximum atomic E-state index is 11.6. The third-order valence-electron chi connectivity index (χ3n) is 3.33. The van der Waals surface area contributed by atoms with Crippen LogP contribution in [0.4, 0.5) is 0 Å². The lowest BCUT2D eigenvalue weighted by molar-refractivity contribution is -0.138. The molecule has 0 aromatic rings. The predicted octanol–water partition coefficient (Wildman–Crippen LogP) is -0.992. The third kappa shape index (κ3) is 1.69. The van der Waals surface area contributed by atoms with Crippen molar-refractivity contribution in [1.29, 1.82) is 0 Å². The summed E-state index contributed by atoms with van der Waals surface area (Å²) in [7, 11) is 1.50. The number of nitrogens with zero attached hydrogens (tertiary/aromatic N) is 2. The zero-order valence-corrected chi connectivity index (χ0v) is 9.05. The summed E-state index contributed by atoms with van der Waals surface area (Å²) in [5.41, 5.74) is 0. The van der Waals surface area contributed by atoms with Gasteiger partial charge in [0.1, 0.15) is 0 Å². The Bertz CT molecular complexity index is 331. The van der Waals surface area contributed by atoms with Gasteiger partial charge in [-0.25, -0.2) is 0 Å². The molecule has 1 N–H and O–H groups in total. The highest BCUT2D eigenvalue weighted by atomic mass is 16.4. The molecule has 0 radical (unpaired) electrons. The normalized spacial score (nSPS) is 29.9. The van der Waals surface area contributed by atoms with Crippen molar-refractivity contribution >= 4 is 17.8 Å². The Morgan fingerprint density at radius 3 is 2.25 bits per heavy atom. The molecular weight excluding hydrogens is 212 g/mol. The molecule has 2 heterocycles. The highest BCUT2D eigenvalue weighted by Crippen LogP contribution is 2.32. The van der Waals surface area contributed by atoms with Crippen molar-refractivity contribution in [2.24, 2.45) is 11.8 Å². The van der Waals surface area contributed by atoms with Gasteiger partial charge in [0.25, 0.3) is 0 Å². The Kier molecular flexibility index (Phi) is 2.67. The Morgan fingerprint density at radius 1 is 1.31 bits per heavy atom. The molecule has 16 heavy (non-hydrogen) atoms. The van der Waals surface area contributed by atoms with Crippen LogP contribution in [0.1, 0.15) is 6.42 Å². The molecule has 0 aliphatic carbocycles. The summed E-state index contributed by atoms with van der Waals surface area (Å²) in [5, 5.41) is 8.55. The molecule has 2 aliphatic heterocycles. The van der Waals surface area contributed by atoms with Crippen LogP contribution in [0.3, 0.4) is 0 Å². The first-order valence-corrected chi connectivity index (χ1v) is 5.26.